The van der Waals surface area contributed by atoms with Gasteiger partial charge in [-0.3, -0.25) is 14.9 Å². The number of aromatic nitrogens is 1. The summed E-state index contributed by atoms with van der Waals surface area (Å²) in [6, 6.07) is 10.5. The van der Waals surface area contributed by atoms with Gasteiger partial charge in [0.25, 0.3) is 11.6 Å². The van der Waals surface area contributed by atoms with Gasteiger partial charge < -0.3 is 14.0 Å². The highest BCUT2D eigenvalue weighted by atomic mass is 32.1. The predicted molar refractivity (Wildman–Crippen MR) is 111 cm³/mol. The summed E-state index contributed by atoms with van der Waals surface area (Å²) in [5, 5.41) is 11.0. The lowest BCUT2D eigenvalue weighted by Gasteiger charge is -2.06. The lowest BCUT2D eigenvalue weighted by atomic mass is 10.2. The molecule has 0 atom stereocenters. The number of benzene rings is 2. The number of rotatable bonds is 7. The molecule has 10 heteroatoms. The van der Waals surface area contributed by atoms with Crippen LogP contribution in [-0.4, -0.2) is 41.7 Å². The monoisotopic (exact) mass is 429 g/mol. The number of ether oxygens (including phenoxy) is 2. The Morgan fingerprint density at radius 1 is 1.20 bits per heavy atom. The van der Waals surface area contributed by atoms with Crippen LogP contribution in [0.5, 0.6) is 0 Å². The number of methoxy groups -OCH3 is 1. The van der Waals surface area contributed by atoms with Crippen LogP contribution in [0.15, 0.2) is 47.5 Å². The van der Waals surface area contributed by atoms with Gasteiger partial charge in [-0.1, -0.05) is 17.4 Å². The molecule has 0 radical (unpaired) electrons. The number of hydrogen-bond donors (Lipinski definition) is 0. The highest BCUT2D eigenvalue weighted by molar-refractivity contribution is 7.16. The van der Waals surface area contributed by atoms with Gasteiger partial charge >= 0.3 is 5.97 Å². The first-order chi connectivity index (χ1) is 14.4. The number of thiazole rings is 1. The zero-order valence-electron chi connectivity index (χ0n) is 16.4. The van der Waals surface area contributed by atoms with Gasteiger partial charge in [-0.2, -0.15) is 4.99 Å². The first-order valence-electron chi connectivity index (χ1n) is 9.07. The molecule has 0 aliphatic rings. The SMILES string of the molecule is CCOCCn1c(=NC(=O)c2cccc([N+](=O)[O-])c2)sc2cc(C(=O)OC)ccc21. The molecular weight excluding hydrogens is 410 g/mol. The molecule has 1 amide bonds. The topological polar surface area (TPSA) is 113 Å². The van der Waals surface area contributed by atoms with E-state index in [1.54, 1.807) is 18.2 Å². The van der Waals surface area contributed by atoms with E-state index >= 15 is 0 Å². The molecule has 3 rings (SSSR count). The highest BCUT2D eigenvalue weighted by Crippen LogP contribution is 2.20. The van der Waals surface area contributed by atoms with E-state index in [4.69, 9.17) is 9.47 Å². The van der Waals surface area contributed by atoms with Crippen molar-refractivity contribution >= 4 is 39.1 Å². The third-order valence-corrected chi connectivity index (χ3v) is 5.31. The summed E-state index contributed by atoms with van der Waals surface area (Å²) in [5.41, 5.74) is 1.12. The Kier molecular flexibility index (Phi) is 6.70. The second-order valence-electron chi connectivity index (χ2n) is 6.13. The molecule has 0 saturated carbocycles. The van der Waals surface area contributed by atoms with Crippen LogP contribution in [0.4, 0.5) is 5.69 Å². The molecule has 0 spiro atoms. The van der Waals surface area contributed by atoms with Gasteiger partial charge in [0.05, 0.1) is 34.4 Å². The highest BCUT2D eigenvalue weighted by Gasteiger charge is 2.14. The van der Waals surface area contributed by atoms with Gasteiger partial charge in [-0.05, 0) is 31.2 Å². The summed E-state index contributed by atoms with van der Waals surface area (Å²) in [4.78, 5) is 39.5. The summed E-state index contributed by atoms with van der Waals surface area (Å²) < 4.78 is 12.8. The summed E-state index contributed by atoms with van der Waals surface area (Å²) in [5.74, 6) is -1.05. The molecule has 30 heavy (non-hydrogen) atoms. The number of fused-ring (bicyclic) bond motifs is 1. The van der Waals surface area contributed by atoms with Crippen molar-refractivity contribution < 1.29 is 24.0 Å². The van der Waals surface area contributed by atoms with E-state index < -0.39 is 16.8 Å². The zero-order valence-corrected chi connectivity index (χ0v) is 17.2. The number of non-ortho nitro benzene ring substituents is 1. The minimum absolute atomic E-state index is 0.119. The molecule has 0 bridgehead atoms. The second-order valence-corrected chi connectivity index (χ2v) is 7.14. The number of esters is 1. The maximum Gasteiger partial charge on any atom is 0.337 e. The molecule has 2 aromatic carbocycles. The number of carbonyl (C=O) groups is 2. The third kappa shape index (κ3) is 4.61. The number of nitro benzene ring substituents is 1. The Labute approximate surface area is 175 Å². The number of amides is 1. The summed E-state index contributed by atoms with van der Waals surface area (Å²) in [6.07, 6.45) is 0. The summed E-state index contributed by atoms with van der Waals surface area (Å²) in [7, 11) is 1.31. The molecule has 0 N–H and O–H groups in total. The van der Waals surface area contributed by atoms with Crippen LogP contribution < -0.4 is 4.80 Å². The maximum atomic E-state index is 12.7. The lowest BCUT2D eigenvalue weighted by molar-refractivity contribution is -0.384. The molecule has 1 heterocycles. The van der Waals surface area contributed by atoms with Crippen LogP contribution in [0.3, 0.4) is 0 Å². The van der Waals surface area contributed by atoms with Crippen molar-refractivity contribution in [2.75, 3.05) is 20.3 Å². The maximum absolute atomic E-state index is 12.7. The number of carbonyl (C=O) groups excluding carboxylic acids is 2. The fourth-order valence-corrected chi connectivity index (χ4v) is 3.92. The average molecular weight is 429 g/mol. The van der Waals surface area contributed by atoms with Gasteiger partial charge in [-0.25, -0.2) is 4.79 Å². The normalized spacial score (nSPS) is 11.6. The quantitative estimate of drug-likeness (QED) is 0.247. The van der Waals surface area contributed by atoms with Crippen LogP contribution in [0.2, 0.25) is 0 Å². The zero-order chi connectivity index (χ0) is 21.7. The molecular formula is C20H19N3O6S. The largest absolute Gasteiger partial charge is 0.465 e. The molecule has 0 aliphatic carbocycles. The fourth-order valence-electron chi connectivity index (χ4n) is 2.82. The van der Waals surface area contributed by atoms with Crippen molar-refractivity contribution in [3.05, 3.63) is 68.5 Å². The van der Waals surface area contributed by atoms with Crippen LogP contribution in [0.1, 0.15) is 27.6 Å². The molecule has 0 saturated heterocycles. The number of hydrogen-bond acceptors (Lipinski definition) is 7. The molecule has 3 aromatic rings. The van der Waals surface area contributed by atoms with Crippen molar-refractivity contribution in [2.24, 2.45) is 4.99 Å². The number of nitro groups is 1. The van der Waals surface area contributed by atoms with Crippen LogP contribution in [0.25, 0.3) is 10.2 Å². The van der Waals surface area contributed by atoms with Crippen molar-refractivity contribution in [2.45, 2.75) is 13.5 Å². The second kappa shape index (κ2) is 9.42. The smallest absolute Gasteiger partial charge is 0.337 e. The molecule has 156 valence electrons. The van der Waals surface area contributed by atoms with E-state index in [0.717, 1.165) is 10.2 Å². The first kappa shape index (κ1) is 21.3. The molecule has 0 fully saturated rings. The Balaban J connectivity index is 2.08. The summed E-state index contributed by atoms with van der Waals surface area (Å²) in [6.45, 7) is 3.30. The van der Waals surface area contributed by atoms with Crippen molar-refractivity contribution in [1.29, 1.82) is 0 Å². The van der Waals surface area contributed by atoms with Crippen LogP contribution >= 0.6 is 11.3 Å². The van der Waals surface area contributed by atoms with Gasteiger partial charge in [0.2, 0.25) is 0 Å². The van der Waals surface area contributed by atoms with Crippen molar-refractivity contribution in [1.82, 2.24) is 4.57 Å². The molecule has 0 unspecified atom stereocenters. The third-order valence-electron chi connectivity index (χ3n) is 4.27. The van der Waals surface area contributed by atoms with Crippen LogP contribution in [-0.2, 0) is 16.0 Å². The minimum Gasteiger partial charge on any atom is -0.465 e. The molecule has 0 aliphatic heterocycles. The van der Waals surface area contributed by atoms with Gasteiger partial charge in [0.1, 0.15) is 0 Å². The van der Waals surface area contributed by atoms with E-state index in [0.29, 0.717) is 30.1 Å². The van der Waals surface area contributed by atoms with Gasteiger partial charge in [0, 0.05) is 30.8 Å². The lowest BCUT2D eigenvalue weighted by Crippen LogP contribution is -2.19. The minimum atomic E-state index is -0.594. The molecule has 9 nitrogen and oxygen atoms in total. The van der Waals surface area contributed by atoms with Gasteiger partial charge in [-0.15, -0.1) is 0 Å². The first-order valence-corrected chi connectivity index (χ1v) is 9.89. The van der Waals surface area contributed by atoms with E-state index in [9.17, 15) is 19.7 Å². The van der Waals surface area contributed by atoms with Gasteiger partial charge in [0.15, 0.2) is 4.80 Å². The Morgan fingerprint density at radius 2 is 2.00 bits per heavy atom. The van der Waals surface area contributed by atoms with Crippen molar-refractivity contribution in [3.63, 3.8) is 0 Å². The summed E-state index contributed by atoms with van der Waals surface area (Å²) >= 11 is 1.24. The number of nitrogens with zero attached hydrogens (tertiary/aromatic N) is 3. The predicted octanol–water partition coefficient (Wildman–Crippen LogP) is 3.18. The van der Waals surface area contributed by atoms with Crippen molar-refractivity contribution in [3.8, 4) is 0 Å². The van der Waals surface area contributed by atoms with E-state index in [2.05, 4.69) is 4.99 Å². The van der Waals surface area contributed by atoms with Crippen LogP contribution in [0, 0.1) is 10.1 Å². The van der Waals surface area contributed by atoms with E-state index in [-0.39, 0.29) is 11.3 Å². The van der Waals surface area contributed by atoms with E-state index in [1.807, 2.05) is 11.5 Å². The average Bonchev–Trinajstić information content (AvgIpc) is 3.09. The Hall–Kier alpha value is -3.37. The Morgan fingerprint density at radius 3 is 2.70 bits per heavy atom. The fraction of sp³-hybridized carbons (Fsp3) is 0.250. The molecule has 1 aromatic heterocycles. The Bertz CT molecular complexity index is 1180. The standard InChI is InChI=1S/C20H19N3O6S/c1-3-29-10-9-22-16-8-7-14(19(25)28-2)12-17(16)30-20(22)21-18(24)13-5-4-6-15(11-13)23(26)27/h4-8,11-12H,3,9-10H2,1-2H3. The van der Waals surface area contributed by atoms with E-state index in [1.165, 1.54) is 42.7 Å².